The van der Waals surface area contributed by atoms with E-state index in [1.165, 1.54) is 16.7 Å². The third kappa shape index (κ3) is 3.27. The molecule has 7 heteroatoms. The molecule has 30 heavy (non-hydrogen) atoms. The van der Waals surface area contributed by atoms with Crippen molar-refractivity contribution in [2.24, 2.45) is 0 Å². The number of aryl methyl sites for hydroxylation is 3. The number of nitrogens with zero attached hydrogens (tertiary/aromatic N) is 2. The second-order valence-electron chi connectivity index (χ2n) is 8.07. The highest BCUT2D eigenvalue weighted by Crippen LogP contribution is 2.56. The second kappa shape index (κ2) is 7.47. The first-order valence-corrected chi connectivity index (χ1v) is 10.8. The molecule has 1 N–H and O–H groups in total. The first-order chi connectivity index (χ1) is 14.2. The molecule has 0 radical (unpaired) electrons. The number of hydrogen-bond acceptors (Lipinski definition) is 4. The van der Waals surface area contributed by atoms with Crippen molar-refractivity contribution in [3.8, 4) is 0 Å². The maximum absolute atomic E-state index is 13.5. The van der Waals surface area contributed by atoms with E-state index in [0.29, 0.717) is 12.8 Å². The first-order valence-electron chi connectivity index (χ1n) is 9.97. The standard InChI is InChI=1S/C23H25N3O3S/c1-14-11-15(2)21(16(3)12-14)24-19(27)13-25(4)22(29)23-10-9-20(28)26(23)17-7-5-6-8-18(17)30-23/h5-8,11-12H,9-10,13H2,1-4H3,(H,24,27). The van der Waals surface area contributed by atoms with Crippen LogP contribution in [0.2, 0.25) is 0 Å². The highest BCUT2D eigenvalue weighted by molar-refractivity contribution is 8.02. The fourth-order valence-electron chi connectivity index (χ4n) is 4.42. The Bertz CT molecular complexity index is 1040. The molecule has 2 aliphatic heterocycles. The predicted molar refractivity (Wildman–Crippen MR) is 119 cm³/mol. The van der Waals surface area contributed by atoms with Crippen molar-refractivity contribution in [1.29, 1.82) is 0 Å². The van der Waals surface area contributed by atoms with Gasteiger partial charge in [-0.05, 0) is 50.5 Å². The smallest absolute Gasteiger partial charge is 0.260 e. The molecule has 0 bridgehead atoms. The van der Waals surface area contributed by atoms with Gasteiger partial charge in [-0.2, -0.15) is 0 Å². The summed E-state index contributed by atoms with van der Waals surface area (Å²) in [6.45, 7) is 5.85. The van der Waals surface area contributed by atoms with Gasteiger partial charge in [0.05, 0.1) is 12.2 Å². The summed E-state index contributed by atoms with van der Waals surface area (Å²) >= 11 is 1.41. The van der Waals surface area contributed by atoms with E-state index in [1.54, 1.807) is 11.9 Å². The summed E-state index contributed by atoms with van der Waals surface area (Å²) in [6, 6.07) is 11.6. The largest absolute Gasteiger partial charge is 0.334 e. The molecule has 1 saturated heterocycles. The van der Waals surface area contributed by atoms with Gasteiger partial charge in [-0.3, -0.25) is 19.3 Å². The number of benzene rings is 2. The second-order valence-corrected chi connectivity index (χ2v) is 9.39. The van der Waals surface area contributed by atoms with Gasteiger partial charge < -0.3 is 10.2 Å². The van der Waals surface area contributed by atoms with Crippen molar-refractivity contribution in [2.75, 3.05) is 23.8 Å². The van der Waals surface area contributed by atoms with E-state index in [2.05, 4.69) is 5.32 Å². The molecule has 1 fully saturated rings. The van der Waals surface area contributed by atoms with Crippen LogP contribution in [0.5, 0.6) is 0 Å². The summed E-state index contributed by atoms with van der Waals surface area (Å²) < 4.78 is 0. The number of para-hydroxylation sites is 1. The molecule has 156 valence electrons. The molecule has 4 rings (SSSR count). The Balaban J connectivity index is 1.52. The molecule has 6 nitrogen and oxygen atoms in total. The number of fused-ring (bicyclic) bond motifs is 3. The Kier molecular flexibility index (Phi) is 5.10. The minimum absolute atomic E-state index is 0.0513. The molecule has 0 spiro atoms. The van der Waals surface area contributed by atoms with Crippen LogP contribution in [0.25, 0.3) is 0 Å². The van der Waals surface area contributed by atoms with Crippen LogP contribution in [0.1, 0.15) is 29.5 Å². The summed E-state index contributed by atoms with van der Waals surface area (Å²) in [7, 11) is 1.62. The van der Waals surface area contributed by atoms with Crippen LogP contribution >= 0.6 is 11.8 Å². The number of anilines is 2. The first kappa shape index (κ1) is 20.5. The molecule has 1 atom stereocenters. The van der Waals surface area contributed by atoms with E-state index >= 15 is 0 Å². The average molecular weight is 424 g/mol. The molecule has 0 aromatic heterocycles. The van der Waals surface area contributed by atoms with Gasteiger partial charge in [0.2, 0.25) is 11.8 Å². The quantitative estimate of drug-likeness (QED) is 0.815. The maximum Gasteiger partial charge on any atom is 0.260 e. The fourth-order valence-corrected chi connectivity index (χ4v) is 5.94. The lowest BCUT2D eigenvalue weighted by molar-refractivity contribution is -0.135. The lowest BCUT2D eigenvalue weighted by Crippen LogP contribution is -2.54. The van der Waals surface area contributed by atoms with Gasteiger partial charge in [0.1, 0.15) is 0 Å². The van der Waals surface area contributed by atoms with E-state index in [0.717, 1.165) is 33.0 Å². The summed E-state index contributed by atoms with van der Waals surface area (Å²) in [4.78, 5) is 41.7. The normalized spacial score (nSPS) is 19.5. The molecule has 2 aromatic rings. The highest BCUT2D eigenvalue weighted by atomic mass is 32.2. The molecule has 1 unspecified atom stereocenters. The van der Waals surface area contributed by atoms with Gasteiger partial charge in [0, 0.05) is 24.1 Å². The van der Waals surface area contributed by atoms with Gasteiger partial charge in [-0.25, -0.2) is 0 Å². The van der Waals surface area contributed by atoms with E-state index < -0.39 is 4.87 Å². The lowest BCUT2D eigenvalue weighted by Gasteiger charge is -2.33. The Morgan fingerprint density at radius 3 is 2.53 bits per heavy atom. The summed E-state index contributed by atoms with van der Waals surface area (Å²) in [5.41, 5.74) is 4.68. The van der Waals surface area contributed by atoms with Gasteiger partial charge in [-0.1, -0.05) is 41.6 Å². The van der Waals surface area contributed by atoms with E-state index in [9.17, 15) is 14.4 Å². The van der Waals surface area contributed by atoms with Gasteiger partial charge in [0.15, 0.2) is 4.87 Å². The molecular weight excluding hydrogens is 398 g/mol. The van der Waals surface area contributed by atoms with Crippen LogP contribution in [0.4, 0.5) is 11.4 Å². The SMILES string of the molecule is Cc1cc(C)c(NC(=O)CN(C)C(=O)C23CCC(=O)N2c2ccccc2S3)c(C)c1. The van der Waals surface area contributed by atoms with Crippen molar-refractivity contribution < 1.29 is 14.4 Å². The van der Waals surface area contributed by atoms with Crippen molar-refractivity contribution in [1.82, 2.24) is 4.90 Å². The zero-order chi connectivity index (χ0) is 21.6. The summed E-state index contributed by atoms with van der Waals surface area (Å²) in [5.74, 6) is -0.528. The molecule has 0 saturated carbocycles. The number of hydrogen-bond donors (Lipinski definition) is 1. The number of rotatable bonds is 4. The van der Waals surface area contributed by atoms with Gasteiger partial charge in [-0.15, -0.1) is 0 Å². The zero-order valence-corrected chi connectivity index (χ0v) is 18.4. The maximum atomic E-state index is 13.5. The number of amides is 3. The van der Waals surface area contributed by atoms with E-state index in [1.807, 2.05) is 57.2 Å². The Morgan fingerprint density at radius 1 is 1.17 bits per heavy atom. The van der Waals surface area contributed by atoms with Crippen molar-refractivity contribution >= 4 is 40.9 Å². The fraction of sp³-hybridized carbons (Fsp3) is 0.348. The third-order valence-corrected chi connectivity index (χ3v) is 7.14. The molecule has 2 aromatic carbocycles. The number of carbonyl (C=O) groups excluding carboxylic acids is 3. The number of thioether (sulfide) groups is 1. The summed E-state index contributed by atoms with van der Waals surface area (Å²) in [5, 5.41) is 2.95. The van der Waals surface area contributed by atoms with Crippen molar-refractivity contribution in [2.45, 2.75) is 43.4 Å². The minimum Gasteiger partial charge on any atom is -0.334 e. The predicted octanol–water partition coefficient (Wildman–Crippen LogP) is 3.64. The zero-order valence-electron chi connectivity index (χ0n) is 17.6. The molecular formula is C23H25N3O3S. The highest BCUT2D eigenvalue weighted by Gasteiger charge is 2.58. The summed E-state index contributed by atoms with van der Waals surface area (Å²) in [6.07, 6.45) is 0.765. The number of likely N-dealkylation sites (N-methyl/N-ethyl adjacent to an activating group) is 1. The molecule has 2 heterocycles. The lowest BCUT2D eigenvalue weighted by atomic mass is 10.1. The molecule has 0 aliphatic carbocycles. The average Bonchev–Trinajstić information content (AvgIpc) is 3.19. The topological polar surface area (TPSA) is 69.7 Å². The Labute approximate surface area is 180 Å². The molecule has 3 amide bonds. The van der Waals surface area contributed by atoms with Crippen LogP contribution in [-0.2, 0) is 14.4 Å². The van der Waals surface area contributed by atoms with Crippen molar-refractivity contribution in [3.63, 3.8) is 0 Å². The van der Waals surface area contributed by atoms with Crippen LogP contribution < -0.4 is 10.2 Å². The van der Waals surface area contributed by atoms with Crippen LogP contribution in [-0.4, -0.2) is 41.1 Å². The van der Waals surface area contributed by atoms with Gasteiger partial charge in [0.25, 0.3) is 5.91 Å². The number of nitrogens with one attached hydrogen (secondary N) is 1. The molecule has 2 aliphatic rings. The Morgan fingerprint density at radius 2 is 1.83 bits per heavy atom. The van der Waals surface area contributed by atoms with E-state index in [-0.39, 0.29) is 24.3 Å². The van der Waals surface area contributed by atoms with Crippen LogP contribution in [0.3, 0.4) is 0 Å². The van der Waals surface area contributed by atoms with Gasteiger partial charge >= 0.3 is 0 Å². The van der Waals surface area contributed by atoms with Crippen molar-refractivity contribution in [3.05, 3.63) is 53.1 Å². The number of carbonyl (C=O) groups is 3. The van der Waals surface area contributed by atoms with Crippen LogP contribution in [0.15, 0.2) is 41.3 Å². The monoisotopic (exact) mass is 423 g/mol. The minimum atomic E-state index is -0.995. The third-order valence-electron chi connectivity index (χ3n) is 5.68. The Hall–Kier alpha value is -2.80. The van der Waals surface area contributed by atoms with Crippen LogP contribution in [0, 0.1) is 20.8 Å². The van der Waals surface area contributed by atoms with E-state index in [4.69, 9.17) is 0 Å².